The minimum atomic E-state index is -0.306. The number of rotatable bonds is 2. The van der Waals surface area contributed by atoms with Gasteiger partial charge >= 0.3 is 0 Å². The van der Waals surface area contributed by atoms with Crippen LogP contribution < -0.4 is 20.3 Å². The molecule has 0 saturated heterocycles. The number of benzene rings is 1. The van der Waals surface area contributed by atoms with Crippen LogP contribution in [0.5, 0.6) is 11.5 Å². The van der Waals surface area contributed by atoms with Crippen LogP contribution in [-0.2, 0) is 4.79 Å². The summed E-state index contributed by atoms with van der Waals surface area (Å²) >= 11 is 0. The maximum Gasteiger partial charge on any atom is 0.264 e. The number of aromatic amines is 1. The number of carbonyl (C=O) groups excluding carboxylic acids is 1. The van der Waals surface area contributed by atoms with Gasteiger partial charge in [0.2, 0.25) is 5.91 Å². The number of hydrogen-bond donors (Lipinski definition) is 2. The van der Waals surface area contributed by atoms with Crippen molar-refractivity contribution in [1.82, 2.24) is 20.0 Å². The summed E-state index contributed by atoms with van der Waals surface area (Å²) in [5.41, 5.74) is 2.35. The first-order valence-electron chi connectivity index (χ1n) is 8.95. The van der Waals surface area contributed by atoms with E-state index < -0.39 is 0 Å². The summed E-state index contributed by atoms with van der Waals surface area (Å²) in [5.74, 6) is 2.10. The molecule has 0 radical (unpaired) electrons. The molecule has 0 fully saturated rings. The number of hydrogen-bond acceptors (Lipinski definition) is 6. The topological polar surface area (TPSA) is 111 Å². The van der Waals surface area contributed by atoms with Crippen LogP contribution in [0.1, 0.15) is 29.2 Å². The maximum absolute atomic E-state index is 12.5. The van der Waals surface area contributed by atoms with Gasteiger partial charge in [-0.1, -0.05) is 6.07 Å². The van der Waals surface area contributed by atoms with Crippen LogP contribution in [0.15, 0.2) is 35.1 Å². The van der Waals surface area contributed by atoms with E-state index in [0.717, 1.165) is 16.8 Å². The summed E-state index contributed by atoms with van der Waals surface area (Å²) in [7, 11) is 0. The molecule has 0 saturated carbocycles. The van der Waals surface area contributed by atoms with Gasteiger partial charge in [-0.3, -0.25) is 9.59 Å². The highest BCUT2D eigenvalue weighted by molar-refractivity contribution is 5.95. The average Bonchev–Trinajstić information content (AvgIpc) is 3.04. The fraction of sp³-hybridized carbons (Fsp3) is 0.263. The standard InChI is InChI=1S/C19H17N5O4/c1-10-18-12(11-2-3-13-14(8-11)28-7-6-27-13)9-17(26)20-19(18)24(23-10)15-4-5-16(25)22-21-15/h2-5,8,12H,6-7,9H2,1H3,(H,20,26)(H,22,25)/t12-/m1/s1. The molecule has 2 N–H and O–H groups in total. The molecule has 4 heterocycles. The lowest BCUT2D eigenvalue weighted by atomic mass is 9.85. The van der Waals surface area contributed by atoms with E-state index in [2.05, 4.69) is 20.6 Å². The number of carbonyl (C=O) groups is 1. The Morgan fingerprint density at radius 2 is 1.93 bits per heavy atom. The van der Waals surface area contributed by atoms with Gasteiger partial charge in [0.25, 0.3) is 5.56 Å². The van der Waals surface area contributed by atoms with Crippen molar-refractivity contribution in [2.75, 3.05) is 18.5 Å². The second kappa shape index (κ2) is 6.22. The monoisotopic (exact) mass is 379 g/mol. The summed E-state index contributed by atoms with van der Waals surface area (Å²) in [6.45, 7) is 2.92. The van der Waals surface area contributed by atoms with Crippen LogP contribution in [0.3, 0.4) is 0 Å². The van der Waals surface area contributed by atoms with Gasteiger partial charge in [-0.05, 0) is 30.7 Å². The molecule has 0 aliphatic carbocycles. The molecule has 2 aliphatic heterocycles. The number of H-pyrrole nitrogens is 1. The van der Waals surface area contributed by atoms with Crippen LogP contribution >= 0.6 is 0 Å². The van der Waals surface area contributed by atoms with E-state index in [1.165, 1.54) is 6.07 Å². The number of ether oxygens (including phenoxy) is 2. The molecule has 1 atom stereocenters. The molecule has 1 aromatic carbocycles. The lowest BCUT2D eigenvalue weighted by Gasteiger charge is -2.26. The average molecular weight is 379 g/mol. The van der Waals surface area contributed by atoms with Crippen LogP contribution in [0.25, 0.3) is 5.82 Å². The molecule has 2 aliphatic rings. The van der Waals surface area contributed by atoms with E-state index >= 15 is 0 Å². The third-order valence-electron chi connectivity index (χ3n) is 4.95. The quantitative estimate of drug-likeness (QED) is 0.698. The predicted molar refractivity (Wildman–Crippen MR) is 99.2 cm³/mol. The van der Waals surface area contributed by atoms with Gasteiger partial charge in [0.05, 0.1) is 5.69 Å². The fourth-order valence-electron chi connectivity index (χ4n) is 3.73. The van der Waals surface area contributed by atoms with Gasteiger partial charge in [-0.2, -0.15) is 14.9 Å². The van der Waals surface area contributed by atoms with Crippen molar-refractivity contribution in [2.45, 2.75) is 19.3 Å². The smallest absolute Gasteiger partial charge is 0.264 e. The first-order valence-corrected chi connectivity index (χ1v) is 8.95. The maximum atomic E-state index is 12.5. The molecule has 2 aromatic heterocycles. The Hall–Kier alpha value is -3.62. The molecule has 1 amide bonds. The van der Waals surface area contributed by atoms with Gasteiger partial charge in [-0.15, -0.1) is 0 Å². The summed E-state index contributed by atoms with van der Waals surface area (Å²) in [6.07, 6.45) is 0.304. The zero-order valence-corrected chi connectivity index (χ0v) is 15.1. The minimum absolute atomic E-state index is 0.113. The van der Waals surface area contributed by atoms with Gasteiger partial charge in [0.15, 0.2) is 17.3 Å². The van der Waals surface area contributed by atoms with E-state index in [4.69, 9.17) is 9.47 Å². The highest BCUT2D eigenvalue weighted by atomic mass is 16.6. The number of aromatic nitrogens is 4. The second-order valence-corrected chi connectivity index (χ2v) is 6.75. The van der Waals surface area contributed by atoms with Gasteiger partial charge in [0, 0.05) is 24.0 Å². The zero-order chi connectivity index (χ0) is 19.3. The lowest BCUT2D eigenvalue weighted by molar-refractivity contribution is -0.116. The third-order valence-corrected chi connectivity index (χ3v) is 4.95. The summed E-state index contributed by atoms with van der Waals surface area (Å²) in [4.78, 5) is 23.8. The Labute approximate surface area is 159 Å². The molecule has 0 unspecified atom stereocenters. The molecule has 0 spiro atoms. The SMILES string of the molecule is Cc1nn(-c2ccc(=O)[nH]n2)c2c1[C@@H](c1ccc3c(c1)OCCO3)CC(=O)N2. The van der Waals surface area contributed by atoms with Gasteiger partial charge in [-0.25, -0.2) is 5.10 Å². The van der Waals surface area contributed by atoms with Crippen molar-refractivity contribution in [3.63, 3.8) is 0 Å². The van der Waals surface area contributed by atoms with Crippen molar-refractivity contribution >= 4 is 11.7 Å². The Kier molecular flexibility index (Phi) is 3.68. The molecule has 28 heavy (non-hydrogen) atoms. The van der Waals surface area contributed by atoms with Gasteiger partial charge in [0.1, 0.15) is 19.0 Å². The first kappa shape index (κ1) is 16.5. The largest absolute Gasteiger partial charge is 0.486 e. The normalized spacial score (nSPS) is 17.8. The number of nitrogens with zero attached hydrogens (tertiary/aromatic N) is 3. The Balaban J connectivity index is 1.63. The van der Waals surface area contributed by atoms with Gasteiger partial charge < -0.3 is 14.8 Å². The van der Waals surface area contributed by atoms with Crippen molar-refractivity contribution in [1.29, 1.82) is 0 Å². The van der Waals surface area contributed by atoms with Crippen LogP contribution in [-0.4, -0.2) is 39.1 Å². The first-order chi connectivity index (χ1) is 13.6. The number of amides is 1. The molecule has 9 heteroatoms. The lowest BCUT2D eigenvalue weighted by Crippen LogP contribution is -2.25. The minimum Gasteiger partial charge on any atom is -0.486 e. The van der Waals surface area contributed by atoms with Crippen molar-refractivity contribution in [3.8, 4) is 17.3 Å². The summed E-state index contributed by atoms with van der Waals surface area (Å²) < 4.78 is 12.8. The molecule has 0 bridgehead atoms. The Morgan fingerprint density at radius 1 is 1.11 bits per heavy atom. The van der Waals surface area contributed by atoms with Crippen LogP contribution in [0.4, 0.5) is 5.82 Å². The number of aryl methyl sites for hydroxylation is 1. The van der Waals surface area contributed by atoms with Crippen LogP contribution in [0, 0.1) is 6.92 Å². The molecule has 3 aromatic rings. The second-order valence-electron chi connectivity index (χ2n) is 6.75. The molecular formula is C19H17N5O4. The van der Waals surface area contributed by atoms with Crippen molar-refractivity contribution in [2.24, 2.45) is 0 Å². The molecule has 9 nitrogen and oxygen atoms in total. The summed E-state index contributed by atoms with van der Waals surface area (Å²) in [5, 5.41) is 13.9. The highest BCUT2D eigenvalue weighted by Crippen LogP contribution is 2.42. The molecular weight excluding hydrogens is 362 g/mol. The van der Waals surface area contributed by atoms with Crippen molar-refractivity contribution in [3.05, 3.63) is 57.5 Å². The Bertz CT molecular complexity index is 1130. The number of fused-ring (bicyclic) bond motifs is 2. The zero-order valence-electron chi connectivity index (χ0n) is 15.1. The molecule has 142 valence electrons. The van der Waals surface area contributed by atoms with E-state index in [9.17, 15) is 9.59 Å². The van der Waals surface area contributed by atoms with E-state index in [1.807, 2.05) is 25.1 Å². The van der Waals surface area contributed by atoms with Crippen molar-refractivity contribution < 1.29 is 14.3 Å². The third kappa shape index (κ3) is 2.63. The van der Waals surface area contributed by atoms with Crippen LogP contribution in [0.2, 0.25) is 0 Å². The van der Waals surface area contributed by atoms with E-state index in [-0.39, 0.29) is 17.4 Å². The van der Waals surface area contributed by atoms with E-state index in [1.54, 1.807) is 10.7 Å². The fourth-order valence-corrected chi connectivity index (χ4v) is 3.73. The Morgan fingerprint density at radius 3 is 2.71 bits per heavy atom. The number of anilines is 1. The summed E-state index contributed by atoms with van der Waals surface area (Å²) in [6, 6.07) is 8.69. The van der Waals surface area contributed by atoms with E-state index in [0.29, 0.717) is 42.8 Å². The molecule has 5 rings (SSSR count). The highest BCUT2D eigenvalue weighted by Gasteiger charge is 2.33. The predicted octanol–water partition coefficient (Wildman–Crippen LogP) is 1.51. The number of nitrogens with one attached hydrogen (secondary N) is 2.